The summed E-state index contributed by atoms with van der Waals surface area (Å²) in [5.41, 5.74) is 1.54. The normalized spacial score (nSPS) is 12.9. The van der Waals surface area contributed by atoms with Gasteiger partial charge in [-0.05, 0) is 29.8 Å². The van der Waals surface area contributed by atoms with Gasteiger partial charge >= 0.3 is 0 Å². The van der Waals surface area contributed by atoms with E-state index in [4.69, 9.17) is 0 Å². The van der Waals surface area contributed by atoms with Gasteiger partial charge in [-0.3, -0.25) is 0 Å². The van der Waals surface area contributed by atoms with Crippen LogP contribution < -0.4 is 9.62 Å². The Morgan fingerprint density at radius 1 is 1.13 bits per heavy atom. The minimum Gasteiger partial charge on any atom is -0.387 e. The maximum atomic E-state index is 13.6. The maximum Gasteiger partial charge on any atom is 0.243 e. The number of hydrogen-bond acceptors (Lipinski definition) is 4. The lowest BCUT2D eigenvalue weighted by atomic mass is 10.1. The summed E-state index contributed by atoms with van der Waals surface area (Å²) in [7, 11) is -0.215. The molecule has 2 aromatic carbocycles. The molecule has 0 saturated heterocycles. The molecular formula is C16H19FN2O3S. The van der Waals surface area contributed by atoms with Crippen molar-refractivity contribution in [2.45, 2.75) is 11.0 Å². The first-order valence-corrected chi connectivity index (χ1v) is 8.49. The minimum absolute atomic E-state index is 0.238. The molecular weight excluding hydrogens is 319 g/mol. The molecule has 1 atom stereocenters. The van der Waals surface area contributed by atoms with Gasteiger partial charge in [0.2, 0.25) is 10.0 Å². The van der Waals surface area contributed by atoms with Crippen LogP contribution in [0.5, 0.6) is 0 Å². The first-order valence-electron chi connectivity index (χ1n) is 7.01. The topological polar surface area (TPSA) is 69.6 Å². The Hall–Kier alpha value is -1.96. The Morgan fingerprint density at radius 3 is 2.30 bits per heavy atom. The Balaban J connectivity index is 2.06. The highest BCUT2D eigenvalue weighted by Gasteiger charge is 2.20. The molecule has 5 nitrogen and oxygen atoms in total. The second-order valence-electron chi connectivity index (χ2n) is 5.28. The first-order chi connectivity index (χ1) is 10.8. The molecule has 2 rings (SSSR count). The quantitative estimate of drug-likeness (QED) is 0.844. The van der Waals surface area contributed by atoms with Crippen LogP contribution in [0.3, 0.4) is 0 Å². The molecule has 0 aliphatic rings. The number of aliphatic hydroxyl groups excluding tert-OH is 1. The fourth-order valence-corrected chi connectivity index (χ4v) is 3.16. The van der Waals surface area contributed by atoms with Gasteiger partial charge in [0, 0.05) is 26.3 Å². The molecule has 23 heavy (non-hydrogen) atoms. The van der Waals surface area contributed by atoms with Crippen LogP contribution in [-0.4, -0.2) is 34.2 Å². The van der Waals surface area contributed by atoms with Gasteiger partial charge in [0.1, 0.15) is 10.7 Å². The van der Waals surface area contributed by atoms with E-state index in [2.05, 4.69) is 4.72 Å². The van der Waals surface area contributed by atoms with E-state index in [1.165, 1.54) is 18.2 Å². The lowest BCUT2D eigenvalue weighted by molar-refractivity contribution is 0.182. The van der Waals surface area contributed by atoms with Crippen molar-refractivity contribution in [1.82, 2.24) is 4.72 Å². The molecule has 0 aromatic heterocycles. The number of hydrogen-bond donors (Lipinski definition) is 2. The van der Waals surface area contributed by atoms with Crippen LogP contribution >= 0.6 is 0 Å². The lowest BCUT2D eigenvalue weighted by Gasteiger charge is -2.16. The number of halogens is 1. The molecule has 0 bridgehead atoms. The van der Waals surface area contributed by atoms with E-state index >= 15 is 0 Å². The van der Waals surface area contributed by atoms with Crippen molar-refractivity contribution in [3.63, 3.8) is 0 Å². The number of benzene rings is 2. The van der Waals surface area contributed by atoms with Gasteiger partial charge in [-0.1, -0.05) is 24.3 Å². The Bertz CT molecular complexity index is 761. The molecule has 7 heteroatoms. The summed E-state index contributed by atoms with van der Waals surface area (Å²) in [6.07, 6.45) is -1.02. The molecule has 0 aliphatic carbocycles. The summed E-state index contributed by atoms with van der Waals surface area (Å²) in [5, 5.41) is 10.1. The third-order valence-corrected chi connectivity index (χ3v) is 4.84. The van der Waals surface area contributed by atoms with E-state index in [1.807, 2.05) is 31.1 Å². The smallest absolute Gasteiger partial charge is 0.243 e. The second-order valence-corrected chi connectivity index (χ2v) is 7.02. The monoisotopic (exact) mass is 338 g/mol. The molecule has 2 aromatic rings. The Kier molecular flexibility index (Phi) is 5.35. The SMILES string of the molecule is CN(C)c1ccc(C(O)CNS(=O)(=O)c2ccccc2F)cc1. The molecule has 0 amide bonds. The van der Waals surface area contributed by atoms with Crippen molar-refractivity contribution in [1.29, 1.82) is 0 Å². The van der Waals surface area contributed by atoms with Crippen LogP contribution in [0.1, 0.15) is 11.7 Å². The van der Waals surface area contributed by atoms with E-state index in [0.717, 1.165) is 11.8 Å². The predicted octanol–water partition coefficient (Wildman–Crippen LogP) is 1.90. The van der Waals surface area contributed by atoms with Crippen molar-refractivity contribution >= 4 is 15.7 Å². The van der Waals surface area contributed by atoms with E-state index in [9.17, 15) is 17.9 Å². The molecule has 0 aliphatic heterocycles. The van der Waals surface area contributed by atoms with Crippen LogP contribution in [0.25, 0.3) is 0 Å². The molecule has 2 N–H and O–H groups in total. The van der Waals surface area contributed by atoms with Crippen molar-refractivity contribution in [3.8, 4) is 0 Å². The van der Waals surface area contributed by atoms with Gasteiger partial charge < -0.3 is 10.0 Å². The highest BCUT2D eigenvalue weighted by atomic mass is 32.2. The zero-order valence-electron chi connectivity index (χ0n) is 12.9. The lowest BCUT2D eigenvalue weighted by Crippen LogP contribution is -2.29. The molecule has 0 radical (unpaired) electrons. The van der Waals surface area contributed by atoms with Gasteiger partial charge in [0.15, 0.2) is 0 Å². The highest BCUT2D eigenvalue weighted by molar-refractivity contribution is 7.89. The summed E-state index contributed by atoms with van der Waals surface area (Å²) in [6, 6.07) is 12.2. The van der Waals surface area contributed by atoms with Crippen LogP contribution in [0.2, 0.25) is 0 Å². The van der Waals surface area contributed by atoms with Gasteiger partial charge in [-0.2, -0.15) is 0 Å². The van der Waals surface area contributed by atoms with Gasteiger partial charge in [0.25, 0.3) is 0 Å². The highest BCUT2D eigenvalue weighted by Crippen LogP contribution is 2.19. The van der Waals surface area contributed by atoms with Crippen LogP contribution in [0.15, 0.2) is 53.4 Å². The number of nitrogens with one attached hydrogen (secondary N) is 1. The van der Waals surface area contributed by atoms with E-state index < -0.39 is 26.8 Å². The van der Waals surface area contributed by atoms with E-state index in [0.29, 0.717) is 5.56 Å². The number of nitrogens with zero attached hydrogens (tertiary/aromatic N) is 1. The van der Waals surface area contributed by atoms with Crippen molar-refractivity contribution in [2.24, 2.45) is 0 Å². The minimum atomic E-state index is -4.01. The Morgan fingerprint density at radius 2 is 1.74 bits per heavy atom. The van der Waals surface area contributed by atoms with E-state index in [1.54, 1.807) is 12.1 Å². The molecule has 1 unspecified atom stereocenters. The summed E-state index contributed by atoms with van der Waals surface area (Å²) in [5.74, 6) is -0.829. The average molecular weight is 338 g/mol. The second kappa shape index (κ2) is 7.08. The van der Waals surface area contributed by atoms with Crippen LogP contribution in [-0.2, 0) is 10.0 Å². The van der Waals surface area contributed by atoms with Gasteiger partial charge in [-0.25, -0.2) is 17.5 Å². The number of rotatable bonds is 6. The Labute approximate surface area is 135 Å². The fraction of sp³-hybridized carbons (Fsp3) is 0.250. The molecule has 0 heterocycles. The molecule has 0 spiro atoms. The molecule has 124 valence electrons. The number of anilines is 1. The zero-order chi connectivity index (χ0) is 17.0. The summed E-state index contributed by atoms with van der Waals surface area (Å²) < 4.78 is 39.9. The van der Waals surface area contributed by atoms with Crippen molar-refractivity contribution in [2.75, 3.05) is 25.5 Å². The van der Waals surface area contributed by atoms with Gasteiger partial charge in [0.05, 0.1) is 6.10 Å². The third kappa shape index (κ3) is 4.28. The summed E-state index contributed by atoms with van der Waals surface area (Å²) >= 11 is 0. The van der Waals surface area contributed by atoms with Crippen LogP contribution in [0, 0.1) is 5.82 Å². The molecule has 0 saturated carbocycles. The summed E-state index contributed by atoms with van der Waals surface area (Å²) in [4.78, 5) is 1.48. The van der Waals surface area contributed by atoms with Gasteiger partial charge in [-0.15, -0.1) is 0 Å². The van der Waals surface area contributed by atoms with Crippen molar-refractivity contribution < 1.29 is 17.9 Å². The molecule has 0 fully saturated rings. The zero-order valence-corrected chi connectivity index (χ0v) is 13.7. The van der Waals surface area contributed by atoms with E-state index in [-0.39, 0.29) is 6.54 Å². The first kappa shape index (κ1) is 17.4. The fourth-order valence-electron chi connectivity index (χ4n) is 2.04. The van der Waals surface area contributed by atoms with Crippen molar-refractivity contribution in [3.05, 3.63) is 59.9 Å². The van der Waals surface area contributed by atoms with Crippen LogP contribution in [0.4, 0.5) is 10.1 Å². The summed E-state index contributed by atoms with van der Waals surface area (Å²) in [6.45, 7) is -0.238. The number of sulfonamides is 1. The maximum absolute atomic E-state index is 13.6. The largest absolute Gasteiger partial charge is 0.387 e. The third-order valence-electron chi connectivity index (χ3n) is 3.39. The standard InChI is InChI=1S/C16H19FN2O3S/c1-19(2)13-9-7-12(8-10-13)15(20)11-18-23(21,22)16-6-4-3-5-14(16)17/h3-10,15,18,20H,11H2,1-2H3. The predicted molar refractivity (Wildman–Crippen MR) is 87.3 cm³/mol. The average Bonchev–Trinajstić information content (AvgIpc) is 2.53. The number of aliphatic hydroxyl groups is 1.